The fourth-order valence-electron chi connectivity index (χ4n) is 4.63. The number of nitrogens with zero attached hydrogens (tertiary/aromatic N) is 2. The highest BCUT2D eigenvalue weighted by molar-refractivity contribution is 6.31. The summed E-state index contributed by atoms with van der Waals surface area (Å²) in [6.45, 7) is 8.29. The Balaban J connectivity index is 1.73. The molecule has 0 aliphatic heterocycles. The van der Waals surface area contributed by atoms with Crippen LogP contribution in [0, 0.1) is 22.2 Å². The zero-order valence-electron chi connectivity index (χ0n) is 17.9. The predicted molar refractivity (Wildman–Crippen MR) is 120 cm³/mol. The van der Waals surface area contributed by atoms with E-state index in [9.17, 15) is 4.79 Å². The number of nitrogens with one attached hydrogen (secondary N) is 1. The predicted octanol–water partition coefficient (Wildman–Crippen LogP) is 4.82. The van der Waals surface area contributed by atoms with Crippen LogP contribution in [-0.2, 0) is 0 Å². The van der Waals surface area contributed by atoms with Gasteiger partial charge in [-0.2, -0.15) is 5.26 Å². The molecular formula is C23H27ClN4O2. The third kappa shape index (κ3) is 3.78. The molecule has 1 saturated carbocycles. The second kappa shape index (κ2) is 7.73. The van der Waals surface area contributed by atoms with Gasteiger partial charge in [0.05, 0.1) is 10.6 Å². The number of ether oxygens (including phenoxy) is 1. The zero-order valence-corrected chi connectivity index (χ0v) is 18.6. The molecule has 1 aliphatic carbocycles. The second-order valence-corrected chi connectivity index (χ2v) is 9.33. The van der Waals surface area contributed by atoms with Gasteiger partial charge in [-0.1, -0.05) is 39.3 Å². The number of anilines is 2. The molecule has 3 N–H and O–H groups in total. The SMILES string of the molecule is CN(C(=O)N[C@H]1C(C)(C)[C@H](Oc2ccc(C#N)c(Cl)c2)C1(C)C)c1ccc(N)cc1. The summed E-state index contributed by atoms with van der Waals surface area (Å²) in [5.74, 6) is 0.605. The lowest BCUT2D eigenvalue weighted by atomic mass is 9.49. The number of amides is 2. The number of nitrogens with two attached hydrogens (primary N) is 1. The fraction of sp³-hybridized carbons (Fsp3) is 0.391. The molecule has 30 heavy (non-hydrogen) atoms. The first-order chi connectivity index (χ1) is 14.0. The molecule has 0 spiro atoms. The highest BCUT2D eigenvalue weighted by Crippen LogP contribution is 2.55. The smallest absolute Gasteiger partial charge is 0.321 e. The molecule has 7 heteroatoms. The van der Waals surface area contributed by atoms with Crippen LogP contribution in [0.3, 0.4) is 0 Å². The molecule has 0 heterocycles. The monoisotopic (exact) mass is 426 g/mol. The minimum atomic E-state index is -0.318. The van der Waals surface area contributed by atoms with E-state index in [4.69, 9.17) is 27.3 Å². The van der Waals surface area contributed by atoms with Gasteiger partial charge in [0, 0.05) is 41.4 Å². The minimum Gasteiger partial charge on any atom is -0.489 e. The first kappa shape index (κ1) is 21.8. The Kier molecular flexibility index (Phi) is 5.62. The van der Waals surface area contributed by atoms with E-state index in [2.05, 4.69) is 33.0 Å². The van der Waals surface area contributed by atoms with E-state index in [1.165, 1.54) is 0 Å². The molecule has 2 aromatic carbocycles. The molecule has 0 bridgehead atoms. The largest absolute Gasteiger partial charge is 0.489 e. The van der Waals surface area contributed by atoms with Crippen molar-refractivity contribution < 1.29 is 9.53 Å². The maximum Gasteiger partial charge on any atom is 0.321 e. The van der Waals surface area contributed by atoms with Crippen LogP contribution in [0.5, 0.6) is 5.75 Å². The van der Waals surface area contributed by atoms with Crippen LogP contribution >= 0.6 is 11.6 Å². The molecule has 0 atom stereocenters. The van der Waals surface area contributed by atoms with Crippen molar-refractivity contribution in [2.75, 3.05) is 17.7 Å². The normalized spacial score (nSPS) is 21.1. The van der Waals surface area contributed by atoms with Crippen LogP contribution in [0.25, 0.3) is 0 Å². The molecule has 0 aromatic heterocycles. The molecule has 6 nitrogen and oxygen atoms in total. The van der Waals surface area contributed by atoms with E-state index >= 15 is 0 Å². The first-order valence-electron chi connectivity index (χ1n) is 9.74. The quantitative estimate of drug-likeness (QED) is 0.685. The number of hydrogen-bond donors (Lipinski definition) is 2. The highest BCUT2D eigenvalue weighted by atomic mass is 35.5. The number of carbonyl (C=O) groups is 1. The highest BCUT2D eigenvalue weighted by Gasteiger charge is 2.64. The third-order valence-electron chi connectivity index (χ3n) is 6.01. The summed E-state index contributed by atoms with van der Waals surface area (Å²) >= 11 is 6.14. The van der Waals surface area contributed by atoms with Crippen molar-refractivity contribution >= 4 is 29.0 Å². The molecule has 2 aromatic rings. The van der Waals surface area contributed by atoms with E-state index in [1.807, 2.05) is 18.2 Å². The van der Waals surface area contributed by atoms with Crippen LogP contribution in [-0.4, -0.2) is 25.2 Å². The number of nitriles is 1. The maximum atomic E-state index is 12.9. The van der Waals surface area contributed by atoms with Crippen LogP contribution in [0.15, 0.2) is 42.5 Å². The molecule has 3 rings (SSSR count). The Morgan fingerprint density at radius 3 is 2.30 bits per heavy atom. The van der Waals surface area contributed by atoms with Crippen LogP contribution in [0.1, 0.15) is 33.3 Å². The molecule has 158 valence electrons. The van der Waals surface area contributed by atoms with Gasteiger partial charge < -0.3 is 15.8 Å². The Labute approximate surface area is 182 Å². The van der Waals surface area contributed by atoms with Gasteiger partial charge in [-0.15, -0.1) is 0 Å². The van der Waals surface area contributed by atoms with E-state index in [1.54, 1.807) is 42.3 Å². The van der Waals surface area contributed by atoms with Gasteiger partial charge in [-0.3, -0.25) is 4.90 Å². The lowest BCUT2D eigenvalue weighted by molar-refractivity contribution is -0.163. The van der Waals surface area contributed by atoms with Gasteiger partial charge in [-0.05, 0) is 36.4 Å². The number of halogens is 1. The van der Waals surface area contributed by atoms with Gasteiger partial charge in [0.25, 0.3) is 0 Å². The van der Waals surface area contributed by atoms with Crippen molar-refractivity contribution in [3.63, 3.8) is 0 Å². The summed E-state index contributed by atoms with van der Waals surface area (Å²) in [5, 5.41) is 12.6. The molecule has 2 amide bonds. The molecule has 0 radical (unpaired) electrons. The van der Waals surface area contributed by atoms with Crippen molar-refractivity contribution in [2.45, 2.75) is 39.8 Å². The topological polar surface area (TPSA) is 91.4 Å². The molecule has 1 aliphatic rings. The summed E-state index contributed by atoms with van der Waals surface area (Å²) in [6.07, 6.45) is -0.152. The Hall–Kier alpha value is -2.91. The fourth-order valence-corrected chi connectivity index (χ4v) is 4.84. The van der Waals surface area contributed by atoms with E-state index in [0.717, 1.165) is 5.69 Å². The zero-order chi connectivity index (χ0) is 22.3. The Morgan fingerprint density at radius 1 is 1.17 bits per heavy atom. The molecule has 0 saturated heterocycles. The third-order valence-corrected chi connectivity index (χ3v) is 6.32. The van der Waals surface area contributed by atoms with Gasteiger partial charge in [0.15, 0.2) is 0 Å². The lowest BCUT2D eigenvalue weighted by Gasteiger charge is -2.63. The summed E-state index contributed by atoms with van der Waals surface area (Å²) < 4.78 is 6.26. The van der Waals surface area contributed by atoms with Crippen LogP contribution < -0.4 is 20.7 Å². The number of rotatable bonds is 4. The first-order valence-corrected chi connectivity index (χ1v) is 10.1. The van der Waals surface area contributed by atoms with Gasteiger partial charge in [-0.25, -0.2) is 4.79 Å². The average Bonchev–Trinajstić information content (AvgIpc) is 2.69. The second-order valence-electron chi connectivity index (χ2n) is 8.93. The maximum absolute atomic E-state index is 12.9. The van der Waals surface area contributed by atoms with Crippen LogP contribution in [0.4, 0.5) is 16.2 Å². The Morgan fingerprint density at radius 2 is 1.77 bits per heavy atom. The van der Waals surface area contributed by atoms with E-state index < -0.39 is 0 Å². The molecule has 0 unspecified atom stereocenters. The minimum absolute atomic E-state index is 0.104. The van der Waals surface area contributed by atoms with Crippen molar-refractivity contribution in [3.8, 4) is 11.8 Å². The van der Waals surface area contributed by atoms with Crippen molar-refractivity contribution in [3.05, 3.63) is 53.1 Å². The number of urea groups is 1. The van der Waals surface area contributed by atoms with E-state index in [0.29, 0.717) is 22.0 Å². The number of nitrogen functional groups attached to an aromatic ring is 1. The summed E-state index contributed by atoms with van der Waals surface area (Å²) in [7, 11) is 1.73. The number of hydrogen-bond acceptors (Lipinski definition) is 4. The number of benzene rings is 2. The van der Waals surface area contributed by atoms with Gasteiger partial charge in [0.2, 0.25) is 0 Å². The van der Waals surface area contributed by atoms with E-state index in [-0.39, 0.29) is 29.0 Å². The van der Waals surface area contributed by atoms with Crippen molar-refractivity contribution in [1.82, 2.24) is 5.32 Å². The Bertz CT molecular complexity index is 979. The van der Waals surface area contributed by atoms with Gasteiger partial charge >= 0.3 is 6.03 Å². The van der Waals surface area contributed by atoms with Crippen molar-refractivity contribution in [2.24, 2.45) is 10.8 Å². The standard InChI is InChI=1S/C23H27ClN4O2/c1-22(2)19(27-21(29)28(5)16-9-7-15(26)8-10-16)23(3,4)20(22)30-17-11-6-14(13-25)18(24)12-17/h6-12,19-20H,26H2,1-5H3,(H,27,29)/t19-,20-. The molecular weight excluding hydrogens is 400 g/mol. The summed E-state index contributed by atoms with van der Waals surface area (Å²) in [5.41, 5.74) is 6.92. The molecule has 1 fully saturated rings. The van der Waals surface area contributed by atoms with Crippen LogP contribution in [0.2, 0.25) is 5.02 Å². The van der Waals surface area contributed by atoms with Crippen molar-refractivity contribution in [1.29, 1.82) is 5.26 Å². The lowest BCUT2D eigenvalue weighted by Crippen LogP contribution is -2.75. The average molecular weight is 427 g/mol. The number of carbonyl (C=O) groups excluding carboxylic acids is 1. The summed E-state index contributed by atoms with van der Waals surface area (Å²) in [4.78, 5) is 14.5. The summed E-state index contributed by atoms with van der Waals surface area (Å²) in [6, 6.07) is 14.0. The van der Waals surface area contributed by atoms with Gasteiger partial charge in [0.1, 0.15) is 17.9 Å².